The number of carbonyl (C=O) groups excluding carboxylic acids is 1. The Morgan fingerprint density at radius 2 is 2.00 bits per heavy atom. The third kappa shape index (κ3) is 4.61. The maximum absolute atomic E-state index is 11.8. The molecule has 0 saturated heterocycles. The molecule has 0 saturated carbocycles. The molecule has 0 bridgehead atoms. The van der Waals surface area contributed by atoms with E-state index < -0.39 is 11.9 Å². The van der Waals surface area contributed by atoms with E-state index in [-0.39, 0.29) is 19.1 Å². The molecular weight excluding hydrogens is 260 g/mol. The Bertz CT molecular complexity index is 519. The molecule has 6 nitrogen and oxygen atoms in total. The number of rotatable bonds is 6. The van der Waals surface area contributed by atoms with Crippen LogP contribution < -0.4 is 4.74 Å². The van der Waals surface area contributed by atoms with Gasteiger partial charge in [-0.2, -0.15) is 5.26 Å². The van der Waals surface area contributed by atoms with Crippen LogP contribution in [-0.4, -0.2) is 42.1 Å². The molecule has 0 radical (unpaired) electrons. The van der Waals surface area contributed by atoms with Crippen molar-refractivity contribution >= 4 is 11.9 Å². The van der Waals surface area contributed by atoms with Gasteiger partial charge in [-0.1, -0.05) is 6.92 Å². The zero-order valence-electron chi connectivity index (χ0n) is 11.4. The molecule has 20 heavy (non-hydrogen) atoms. The highest BCUT2D eigenvalue weighted by Gasteiger charge is 2.17. The minimum Gasteiger partial charge on any atom is -0.484 e. The average Bonchev–Trinajstić information content (AvgIpc) is 2.44. The first-order chi connectivity index (χ1) is 9.43. The summed E-state index contributed by atoms with van der Waals surface area (Å²) in [5.74, 6) is -1.39. The highest BCUT2D eigenvalue weighted by atomic mass is 16.5. The summed E-state index contributed by atoms with van der Waals surface area (Å²) in [6, 6.07) is 8.38. The molecule has 0 aliphatic carbocycles. The molecule has 1 N–H and O–H groups in total. The molecule has 6 heteroatoms. The predicted molar refractivity (Wildman–Crippen MR) is 71.1 cm³/mol. The lowest BCUT2D eigenvalue weighted by atomic mass is 10.2. The Hall–Kier alpha value is -2.55. The SMILES string of the molecule is CC(CN(C)C(=O)COc1ccc(C#N)cc1)C(=O)O. The third-order valence-electron chi connectivity index (χ3n) is 2.74. The van der Waals surface area contributed by atoms with E-state index in [1.165, 1.54) is 18.9 Å². The van der Waals surface area contributed by atoms with Crippen LogP contribution in [0.25, 0.3) is 0 Å². The molecule has 0 spiro atoms. The van der Waals surface area contributed by atoms with Crippen LogP contribution in [0.4, 0.5) is 0 Å². The second-order valence-electron chi connectivity index (χ2n) is 4.44. The topological polar surface area (TPSA) is 90.6 Å². The van der Waals surface area contributed by atoms with E-state index >= 15 is 0 Å². The first kappa shape index (κ1) is 15.5. The summed E-state index contributed by atoms with van der Waals surface area (Å²) in [7, 11) is 1.53. The Balaban J connectivity index is 2.46. The van der Waals surface area contributed by atoms with E-state index in [0.717, 1.165) is 0 Å². The first-order valence-electron chi connectivity index (χ1n) is 6.03. The minimum atomic E-state index is -0.947. The average molecular weight is 276 g/mol. The monoisotopic (exact) mass is 276 g/mol. The van der Waals surface area contributed by atoms with Crippen molar-refractivity contribution in [1.82, 2.24) is 4.90 Å². The van der Waals surface area contributed by atoms with Gasteiger partial charge in [0.25, 0.3) is 5.91 Å². The summed E-state index contributed by atoms with van der Waals surface area (Å²) in [4.78, 5) is 23.8. The van der Waals surface area contributed by atoms with Gasteiger partial charge >= 0.3 is 5.97 Å². The van der Waals surface area contributed by atoms with Crippen LogP contribution in [-0.2, 0) is 9.59 Å². The quantitative estimate of drug-likeness (QED) is 0.840. The summed E-state index contributed by atoms with van der Waals surface area (Å²) >= 11 is 0. The van der Waals surface area contributed by atoms with Gasteiger partial charge in [0, 0.05) is 13.6 Å². The zero-order chi connectivity index (χ0) is 15.1. The number of hydrogen-bond donors (Lipinski definition) is 1. The highest BCUT2D eigenvalue weighted by Crippen LogP contribution is 2.11. The third-order valence-corrected chi connectivity index (χ3v) is 2.74. The van der Waals surface area contributed by atoms with Gasteiger partial charge in [0.1, 0.15) is 5.75 Å². The summed E-state index contributed by atoms with van der Waals surface area (Å²) in [5, 5.41) is 17.4. The molecule has 0 aliphatic heterocycles. The van der Waals surface area contributed by atoms with Crippen molar-refractivity contribution in [3.63, 3.8) is 0 Å². The number of ether oxygens (including phenoxy) is 1. The number of carbonyl (C=O) groups is 2. The first-order valence-corrected chi connectivity index (χ1v) is 6.03. The van der Waals surface area contributed by atoms with Gasteiger partial charge in [0.15, 0.2) is 6.61 Å². The summed E-state index contributed by atoms with van der Waals surface area (Å²) < 4.78 is 5.28. The molecule has 1 unspecified atom stereocenters. The summed E-state index contributed by atoms with van der Waals surface area (Å²) in [6.45, 7) is 1.49. The Kier molecular flexibility index (Phi) is 5.54. The van der Waals surface area contributed by atoms with E-state index in [2.05, 4.69) is 0 Å². The molecule has 0 aliphatic rings. The van der Waals surface area contributed by atoms with Gasteiger partial charge < -0.3 is 14.7 Å². The van der Waals surface area contributed by atoms with E-state index in [1.807, 2.05) is 6.07 Å². The number of amides is 1. The number of likely N-dealkylation sites (N-methyl/N-ethyl adjacent to an activating group) is 1. The van der Waals surface area contributed by atoms with Crippen molar-refractivity contribution in [2.45, 2.75) is 6.92 Å². The molecule has 1 aromatic carbocycles. The zero-order valence-corrected chi connectivity index (χ0v) is 11.4. The number of carboxylic acids is 1. The second kappa shape index (κ2) is 7.14. The fourth-order valence-electron chi connectivity index (χ4n) is 1.47. The van der Waals surface area contributed by atoms with Crippen molar-refractivity contribution < 1.29 is 19.4 Å². The second-order valence-corrected chi connectivity index (χ2v) is 4.44. The predicted octanol–water partition coefficient (Wildman–Crippen LogP) is 1.12. The van der Waals surface area contributed by atoms with Gasteiger partial charge in [-0.25, -0.2) is 0 Å². The molecular formula is C14H16N2O4. The number of aliphatic carboxylic acids is 1. The summed E-state index contributed by atoms with van der Waals surface area (Å²) in [5.41, 5.74) is 0.510. The van der Waals surface area contributed by atoms with Crippen LogP contribution in [0.5, 0.6) is 5.75 Å². The van der Waals surface area contributed by atoms with Gasteiger partial charge in [0.2, 0.25) is 0 Å². The number of benzene rings is 1. The van der Waals surface area contributed by atoms with E-state index in [0.29, 0.717) is 11.3 Å². The Labute approximate surface area is 117 Å². The minimum absolute atomic E-state index is 0.130. The van der Waals surface area contributed by atoms with Crippen molar-refractivity contribution in [2.24, 2.45) is 5.92 Å². The van der Waals surface area contributed by atoms with Gasteiger partial charge in [-0.15, -0.1) is 0 Å². The van der Waals surface area contributed by atoms with Crippen molar-refractivity contribution in [3.8, 4) is 11.8 Å². The van der Waals surface area contributed by atoms with E-state index in [9.17, 15) is 9.59 Å². The van der Waals surface area contributed by atoms with Crippen LogP contribution in [0.1, 0.15) is 12.5 Å². The maximum Gasteiger partial charge on any atom is 0.308 e. The Morgan fingerprint density at radius 3 is 2.50 bits per heavy atom. The van der Waals surface area contributed by atoms with Crippen molar-refractivity contribution in [1.29, 1.82) is 5.26 Å². The van der Waals surface area contributed by atoms with Gasteiger partial charge in [0.05, 0.1) is 17.6 Å². The summed E-state index contributed by atoms with van der Waals surface area (Å²) in [6.07, 6.45) is 0. The molecule has 1 amide bonds. The number of hydrogen-bond acceptors (Lipinski definition) is 4. The Morgan fingerprint density at radius 1 is 1.40 bits per heavy atom. The van der Waals surface area contributed by atoms with Crippen LogP contribution >= 0.6 is 0 Å². The standard InChI is InChI=1S/C14H16N2O4/c1-10(14(18)19)8-16(2)13(17)9-20-12-5-3-11(7-15)4-6-12/h3-6,10H,8-9H2,1-2H3,(H,18,19). The van der Waals surface area contributed by atoms with Crippen LogP contribution in [0.15, 0.2) is 24.3 Å². The molecule has 0 heterocycles. The lowest BCUT2D eigenvalue weighted by Gasteiger charge is -2.19. The molecule has 1 atom stereocenters. The van der Waals surface area contributed by atoms with Crippen LogP contribution in [0.2, 0.25) is 0 Å². The van der Waals surface area contributed by atoms with Crippen molar-refractivity contribution in [3.05, 3.63) is 29.8 Å². The molecule has 1 aromatic rings. The van der Waals surface area contributed by atoms with E-state index in [4.69, 9.17) is 15.1 Å². The van der Waals surface area contributed by atoms with Crippen LogP contribution in [0, 0.1) is 17.2 Å². The molecule has 106 valence electrons. The van der Waals surface area contributed by atoms with Gasteiger partial charge in [-0.05, 0) is 24.3 Å². The molecule has 1 rings (SSSR count). The maximum atomic E-state index is 11.8. The number of nitriles is 1. The van der Waals surface area contributed by atoms with Crippen LogP contribution in [0.3, 0.4) is 0 Å². The van der Waals surface area contributed by atoms with E-state index in [1.54, 1.807) is 24.3 Å². The lowest BCUT2D eigenvalue weighted by molar-refractivity contribution is -0.143. The fraction of sp³-hybridized carbons (Fsp3) is 0.357. The highest BCUT2D eigenvalue weighted by molar-refractivity contribution is 5.78. The molecule has 0 fully saturated rings. The lowest BCUT2D eigenvalue weighted by Crippen LogP contribution is -2.36. The van der Waals surface area contributed by atoms with Gasteiger partial charge in [-0.3, -0.25) is 9.59 Å². The number of nitrogens with zero attached hydrogens (tertiary/aromatic N) is 2. The normalized spacial score (nSPS) is 11.2. The fourth-order valence-corrected chi connectivity index (χ4v) is 1.47. The molecule has 0 aromatic heterocycles. The largest absolute Gasteiger partial charge is 0.484 e. The number of carboxylic acid groups (broad SMARTS) is 1. The van der Waals surface area contributed by atoms with Crippen molar-refractivity contribution in [2.75, 3.05) is 20.2 Å². The smallest absolute Gasteiger partial charge is 0.308 e.